The van der Waals surface area contributed by atoms with Gasteiger partial charge in [0.2, 0.25) is 0 Å². The molecule has 0 bridgehead atoms. The number of carbonyl (C=O) groups excluding carboxylic acids is 1. The van der Waals surface area contributed by atoms with E-state index in [0.29, 0.717) is 30.0 Å². The summed E-state index contributed by atoms with van der Waals surface area (Å²) in [7, 11) is 3.98. The van der Waals surface area contributed by atoms with Crippen LogP contribution in [0.15, 0.2) is 42.5 Å². The summed E-state index contributed by atoms with van der Waals surface area (Å²) in [6, 6.07) is 13.7. The second-order valence-corrected chi connectivity index (χ2v) is 8.93. The van der Waals surface area contributed by atoms with Crippen molar-refractivity contribution in [3.63, 3.8) is 0 Å². The molecule has 1 aromatic heterocycles. The Labute approximate surface area is 200 Å². The quantitative estimate of drug-likeness (QED) is 0.401. The fraction of sp³-hybridized carbons (Fsp3) is 0.417. The van der Waals surface area contributed by atoms with Gasteiger partial charge in [0.1, 0.15) is 11.5 Å². The highest BCUT2D eigenvalue weighted by molar-refractivity contribution is 7.22. The van der Waals surface area contributed by atoms with Crippen molar-refractivity contribution in [1.82, 2.24) is 9.88 Å². The minimum atomic E-state index is -0.112. The normalized spacial score (nSPS) is 11.0. The van der Waals surface area contributed by atoms with Crippen molar-refractivity contribution in [2.24, 2.45) is 0 Å². The fourth-order valence-corrected chi connectivity index (χ4v) is 4.10. The van der Waals surface area contributed by atoms with Gasteiger partial charge in [0, 0.05) is 13.1 Å². The molecule has 0 fully saturated rings. The Morgan fingerprint density at radius 2 is 1.72 bits per heavy atom. The molecule has 6 nitrogen and oxygen atoms in total. The molecule has 3 aromatic rings. The van der Waals surface area contributed by atoms with E-state index >= 15 is 0 Å². The highest BCUT2D eigenvalue weighted by Gasteiger charge is 2.21. The number of nitrogens with zero attached hydrogens (tertiary/aromatic N) is 3. The SMILES string of the molecule is CCOc1ccc2nc(N(CCN(C)C)C(=O)COc3ccc(C(C)C)cc3)sc2c1.Cl. The minimum absolute atomic E-state index is 0. The zero-order valence-corrected chi connectivity index (χ0v) is 21.0. The monoisotopic (exact) mass is 477 g/mol. The van der Waals surface area contributed by atoms with E-state index < -0.39 is 0 Å². The third kappa shape index (κ3) is 6.82. The van der Waals surface area contributed by atoms with Gasteiger partial charge in [-0.25, -0.2) is 4.98 Å². The van der Waals surface area contributed by atoms with Crippen LogP contribution in [0.2, 0.25) is 0 Å². The van der Waals surface area contributed by atoms with Crippen LogP contribution in [0.3, 0.4) is 0 Å². The summed E-state index contributed by atoms with van der Waals surface area (Å²) in [6.45, 7) is 8.11. The number of carbonyl (C=O) groups is 1. The maximum absolute atomic E-state index is 13.1. The van der Waals surface area contributed by atoms with Crippen molar-refractivity contribution in [3.05, 3.63) is 48.0 Å². The third-order valence-corrected chi connectivity index (χ3v) is 5.91. The molecule has 1 amide bonds. The lowest BCUT2D eigenvalue weighted by atomic mass is 10.0. The summed E-state index contributed by atoms with van der Waals surface area (Å²) in [5.74, 6) is 1.85. The number of halogens is 1. The minimum Gasteiger partial charge on any atom is -0.494 e. The van der Waals surface area contributed by atoms with E-state index in [1.165, 1.54) is 16.9 Å². The first-order valence-corrected chi connectivity index (χ1v) is 11.4. The number of anilines is 1. The van der Waals surface area contributed by atoms with Gasteiger partial charge in [0.25, 0.3) is 5.91 Å². The second kappa shape index (κ2) is 12.0. The standard InChI is InChI=1S/C24H31N3O3S.ClH/c1-6-29-20-11-12-21-22(15-20)31-24(25-21)27(14-13-26(4)5)23(28)16-30-19-9-7-18(8-10-19)17(2)3;/h7-12,15,17H,6,13-14,16H2,1-5H3;1H. The largest absolute Gasteiger partial charge is 0.494 e. The molecule has 2 aromatic carbocycles. The lowest BCUT2D eigenvalue weighted by Crippen LogP contribution is -2.39. The van der Waals surface area contributed by atoms with Crippen molar-refractivity contribution in [2.45, 2.75) is 26.7 Å². The van der Waals surface area contributed by atoms with Crippen molar-refractivity contribution < 1.29 is 14.3 Å². The summed E-state index contributed by atoms with van der Waals surface area (Å²) in [5.41, 5.74) is 2.10. The molecule has 0 saturated carbocycles. The molecular weight excluding hydrogens is 446 g/mol. The lowest BCUT2D eigenvalue weighted by molar-refractivity contribution is -0.120. The first-order valence-electron chi connectivity index (χ1n) is 10.6. The van der Waals surface area contributed by atoms with Crippen LogP contribution in [0.25, 0.3) is 10.2 Å². The number of thiazole rings is 1. The number of amides is 1. The predicted molar refractivity (Wildman–Crippen MR) is 135 cm³/mol. The van der Waals surface area contributed by atoms with Gasteiger partial charge in [0.05, 0.1) is 16.8 Å². The fourth-order valence-electron chi connectivity index (χ4n) is 3.06. The van der Waals surface area contributed by atoms with Crippen LogP contribution >= 0.6 is 23.7 Å². The number of benzene rings is 2. The van der Waals surface area contributed by atoms with Gasteiger partial charge in [0.15, 0.2) is 11.7 Å². The number of hydrogen-bond donors (Lipinski definition) is 0. The molecule has 0 aliphatic rings. The molecule has 0 atom stereocenters. The topological polar surface area (TPSA) is 54.9 Å². The molecule has 0 radical (unpaired) electrons. The maximum Gasteiger partial charge on any atom is 0.266 e. The summed E-state index contributed by atoms with van der Waals surface area (Å²) in [4.78, 5) is 21.5. The average molecular weight is 478 g/mol. The molecule has 1 heterocycles. The summed E-state index contributed by atoms with van der Waals surface area (Å²) in [5, 5.41) is 0.675. The van der Waals surface area contributed by atoms with Crippen molar-refractivity contribution in [3.8, 4) is 11.5 Å². The molecule has 174 valence electrons. The van der Waals surface area contributed by atoms with Gasteiger partial charge in [-0.05, 0) is 62.8 Å². The van der Waals surface area contributed by atoms with Crippen molar-refractivity contribution in [2.75, 3.05) is 45.3 Å². The van der Waals surface area contributed by atoms with E-state index in [9.17, 15) is 4.79 Å². The first-order chi connectivity index (χ1) is 14.9. The van der Waals surface area contributed by atoms with Gasteiger partial charge in [-0.2, -0.15) is 0 Å². The molecule has 0 saturated heterocycles. The van der Waals surface area contributed by atoms with Gasteiger partial charge in [-0.1, -0.05) is 37.3 Å². The van der Waals surface area contributed by atoms with Crippen LogP contribution in [0.4, 0.5) is 5.13 Å². The zero-order valence-electron chi connectivity index (χ0n) is 19.3. The Hall–Kier alpha value is -2.35. The number of rotatable bonds is 10. The molecule has 0 aliphatic heterocycles. The maximum atomic E-state index is 13.1. The third-order valence-electron chi connectivity index (χ3n) is 4.87. The van der Waals surface area contributed by atoms with Crippen LogP contribution < -0.4 is 14.4 Å². The van der Waals surface area contributed by atoms with Crippen LogP contribution in [0.5, 0.6) is 11.5 Å². The van der Waals surface area contributed by atoms with Crippen molar-refractivity contribution in [1.29, 1.82) is 0 Å². The van der Waals surface area contributed by atoms with Gasteiger partial charge >= 0.3 is 0 Å². The van der Waals surface area contributed by atoms with Gasteiger partial charge < -0.3 is 14.4 Å². The Balaban J connectivity index is 0.00000363. The molecule has 0 unspecified atom stereocenters. The molecular formula is C24H32ClN3O3S. The molecule has 32 heavy (non-hydrogen) atoms. The lowest BCUT2D eigenvalue weighted by Gasteiger charge is -2.22. The van der Waals surface area contributed by atoms with Crippen LogP contribution in [0, 0.1) is 0 Å². The number of aromatic nitrogens is 1. The number of hydrogen-bond acceptors (Lipinski definition) is 6. The number of likely N-dealkylation sites (N-methyl/N-ethyl adjacent to an activating group) is 1. The van der Waals surface area contributed by atoms with Gasteiger partial charge in [-0.3, -0.25) is 9.69 Å². The number of fused-ring (bicyclic) bond motifs is 1. The summed E-state index contributed by atoms with van der Waals surface area (Å²) in [6.07, 6.45) is 0. The Morgan fingerprint density at radius 3 is 2.34 bits per heavy atom. The predicted octanol–water partition coefficient (Wildman–Crippen LogP) is 5.21. The highest BCUT2D eigenvalue weighted by Crippen LogP contribution is 2.31. The van der Waals surface area contributed by atoms with E-state index in [0.717, 1.165) is 22.5 Å². The van der Waals surface area contributed by atoms with E-state index in [1.54, 1.807) is 4.90 Å². The van der Waals surface area contributed by atoms with Crippen LogP contribution in [-0.2, 0) is 4.79 Å². The van der Waals surface area contributed by atoms with Gasteiger partial charge in [-0.15, -0.1) is 12.4 Å². The Bertz CT molecular complexity index is 1010. The number of ether oxygens (including phenoxy) is 2. The summed E-state index contributed by atoms with van der Waals surface area (Å²) >= 11 is 1.49. The molecule has 3 rings (SSSR count). The highest BCUT2D eigenvalue weighted by atomic mass is 35.5. The van der Waals surface area contributed by atoms with Crippen molar-refractivity contribution >= 4 is 45.0 Å². The zero-order chi connectivity index (χ0) is 22.4. The first kappa shape index (κ1) is 25.9. The molecule has 0 N–H and O–H groups in total. The molecule has 8 heteroatoms. The van der Waals surface area contributed by atoms with E-state index in [-0.39, 0.29) is 24.9 Å². The van der Waals surface area contributed by atoms with Crippen LogP contribution in [0.1, 0.15) is 32.3 Å². The Morgan fingerprint density at radius 1 is 1.03 bits per heavy atom. The smallest absolute Gasteiger partial charge is 0.266 e. The van der Waals surface area contributed by atoms with E-state index in [2.05, 4.69) is 13.8 Å². The van der Waals surface area contributed by atoms with E-state index in [1.807, 2.05) is 68.4 Å². The van der Waals surface area contributed by atoms with Crippen LogP contribution in [-0.4, -0.2) is 56.2 Å². The average Bonchev–Trinajstić information content (AvgIpc) is 3.15. The second-order valence-electron chi connectivity index (χ2n) is 7.92. The summed E-state index contributed by atoms with van der Waals surface area (Å²) < 4.78 is 12.4. The molecule has 0 spiro atoms. The van der Waals surface area contributed by atoms with E-state index in [4.69, 9.17) is 14.5 Å². The Kier molecular flexibility index (Phi) is 9.75. The molecule has 0 aliphatic carbocycles.